The summed E-state index contributed by atoms with van der Waals surface area (Å²) in [6, 6.07) is 16.7. The van der Waals surface area contributed by atoms with Crippen molar-refractivity contribution in [2.24, 2.45) is 0 Å². The van der Waals surface area contributed by atoms with E-state index in [4.69, 9.17) is 0 Å². The molecule has 5 nitrogen and oxygen atoms in total. The quantitative estimate of drug-likeness (QED) is 0.545. The molecule has 111 valence electrons. The normalized spacial score (nSPS) is 12.7. The van der Waals surface area contributed by atoms with Crippen LogP contribution in [0.2, 0.25) is 0 Å². The van der Waals surface area contributed by atoms with Gasteiger partial charge in [0.05, 0.1) is 0 Å². The van der Waals surface area contributed by atoms with Crippen LogP contribution >= 0.6 is 0 Å². The van der Waals surface area contributed by atoms with Gasteiger partial charge in [-0.15, -0.1) is 12.4 Å². The van der Waals surface area contributed by atoms with Gasteiger partial charge in [0, 0.05) is 38.7 Å². The van der Waals surface area contributed by atoms with E-state index in [0.29, 0.717) is 0 Å². The standard InChI is InChI=1S/C16H11N5.Ir/c1-2-6-13(7-3-1)20-12-21(14-8-4-5-9-17-14)16-15(20)18-10-11-19-16;/h1-6,8-12H;/q-2;. The van der Waals surface area contributed by atoms with Crippen LogP contribution in [0.1, 0.15) is 0 Å². The predicted octanol–water partition coefficient (Wildman–Crippen LogP) is 3.08. The van der Waals surface area contributed by atoms with E-state index in [1.807, 2.05) is 58.9 Å². The molecular weight excluding hydrogens is 454 g/mol. The van der Waals surface area contributed by atoms with Crippen LogP contribution in [0, 0.1) is 12.7 Å². The number of hydrogen-bond donors (Lipinski definition) is 0. The first-order valence-corrected chi connectivity index (χ1v) is 6.56. The maximum Gasteiger partial charge on any atom is 0.146 e. The third kappa shape index (κ3) is 2.47. The molecule has 0 saturated carbocycles. The Morgan fingerprint density at radius 2 is 1.59 bits per heavy atom. The summed E-state index contributed by atoms with van der Waals surface area (Å²) in [5.41, 5.74) is 0.915. The van der Waals surface area contributed by atoms with Gasteiger partial charge in [-0.2, -0.15) is 30.3 Å². The van der Waals surface area contributed by atoms with Crippen molar-refractivity contribution >= 4 is 23.1 Å². The third-order valence-electron chi connectivity index (χ3n) is 3.20. The molecule has 6 heteroatoms. The molecule has 0 aliphatic carbocycles. The number of aromatic nitrogens is 3. The Morgan fingerprint density at radius 1 is 0.818 bits per heavy atom. The van der Waals surface area contributed by atoms with E-state index in [2.05, 4.69) is 21.0 Å². The minimum atomic E-state index is 0. The molecule has 1 aromatic carbocycles. The molecule has 2 aromatic heterocycles. The third-order valence-corrected chi connectivity index (χ3v) is 3.20. The van der Waals surface area contributed by atoms with E-state index in [1.165, 1.54) is 0 Å². The molecule has 0 saturated heterocycles. The van der Waals surface area contributed by atoms with E-state index in [0.717, 1.165) is 23.1 Å². The first kappa shape index (κ1) is 14.6. The summed E-state index contributed by atoms with van der Waals surface area (Å²) in [6.45, 7) is 1.93. The zero-order valence-electron chi connectivity index (χ0n) is 11.4. The van der Waals surface area contributed by atoms with Gasteiger partial charge in [0.1, 0.15) is 17.5 Å². The fourth-order valence-corrected chi connectivity index (χ4v) is 2.26. The molecule has 4 rings (SSSR count). The van der Waals surface area contributed by atoms with E-state index >= 15 is 0 Å². The molecular formula is C16H11IrN5-2. The molecule has 0 unspecified atom stereocenters. The molecule has 22 heavy (non-hydrogen) atoms. The van der Waals surface area contributed by atoms with E-state index in [1.54, 1.807) is 18.6 Å². The Kier molecular flexibility index (Phi) is 4.13. The van der Waals surface area contributed by atoms with Crippen LogP contribution in [0.5, 0.6) is 0 Å². The fourth-order valence-electron chi connectivity index (χ4n) is 2.26. The van der Waals surface area contributed by atoms with Crippen molar-refractivity contribution in [3.05, 3.63) is 73.8 Å². The molecule has 0 fully saturated rings. The van der Waals surface area contributed by atoms with Gasteiger partial charge in [-0.3, -0.25) is 0 Å². The van der Waals surface area contributed by atoms with Crippen molar-refractivity contribution in [2.45, 2.75) is 0 Å². The summed E-state index contributed by atoms with van der Waals surface area (Å²) in [5.74, 6) is 2.33. The zero-order chi connectivity index (χ0) is 14.1. The maximum absolute atomic E-state index is 4.44. The molecule has 0 amide bonds. The predicted molar refractivity (Wildman–Crippen MR) is 80.1 cm³/mol. The summed E-state index contributed by atoms with van der Waals surface area (Å²) >= 11 is 0. The topological polar surface area (TPSA) is 45.2 Å². The monoisotopic (exact) mass is 466 g/mol. The van der Waals surface area contributed by atoms with Gasteiger partial charge in [-0.1, -0.05) is 6.07 Å². The van der Waals surface area contributed by atoms with Gasteiger partial charge in [0.2, 0.25) is 0 Å². The van der Waals surface area contributed by atoms with E-state index in [9.17, 15) is 0 Å². The zero-order valence-corrected chi connectivity index (χ0v) is 13.8. The largest absolute Gasteiger partial charge is 0.477 e. The van der Waals surface area contributed by atoms with Crippen LogP contribution in [-0.4, -0.2) is 15.0 Å². The van der Waals surface area contributed by atoms with Gasteiger partial charge in [-0.25, -0.2) is 15.0 Å². The summed E-state index contributed by atoms with van der Waals surface area (Å²) in [4.78, 5) is 17.1. The minimum Gasteiger partial charge on any atom is -0.477 e. The average molecular weight is 466 g/mol. The molecule has 3 heterocycles. The molecule has 1 aliphatic heterocycles. The summed E-state index contributed by atoms with van der Waals surface area (Å²) in [5, 5.41) is 0. The number of rotatable bonds is 2. The summed E-state index contributed by atoms with van der Waals surface area (Å²) < 4.78 is 0. The number of nitrogens with zero attached hydrogens (tertiary/aromatic N) is 5. The van der Waals surface area contributed by atoms with Crippen molar-refractivity contribution < 1.29 is 20.1 Å². The first-order chi connectivity index (χ1) is 10.4. The first-order valence-electron chi connectivity index (χ1n) is 6.56. The van der Waals surface area contributed by atoms with E-state index < -0.39 is 0 Å². The second-order valence-corrected chi connectivity index (χ2v) is 4.49. The molecule has 1 aliphatic rings. The Balaban J connectivity index is 0.00000144. The number of hydrogen-bond acceptors (Lipinski definition) is 5. The second kappa shape index (κ2) is 6.22. The summed E-state index contributed by atoms with van der Waals surface area (Å²) in [6.07, 6.45) is 5.13. The molecule has 1 radical (unpaired) electrons. The van der Waals surface area contributed by atoms with Crippen LogP contribution < -0.4 is 9.80 Å². The Hall–Kier alpha value is -2.30. The maximum atomic E-state index is 4.44. The smallest absolute Gasteiger partial charge is 0.146 e. The van der Waals surface area contributed by atoms with Crippen LogP contribution in [0.3, 0.4) is 0 Å². The van der Waals surface area contributed by atoms with Crippen LogP contribution in [-0.2, 0) is 20.1 Å². The molecule has 3 aromatic rings. The minimum absolute atomic E-state index is 0. The average Bonchev–Trinajstić information content (AvgIpc) is 2.96. The van der Waals surface area contributed by atoms with E-state index in [-0.39, 0.29) is 20.1 Å². The van der Waals surface area contributed by atoms with Crippen LogP contribution in [0.15, 0.2) is 61.1 Å². The van der Waals surface area contributed by atoms with Gasteiger partial charge >= 0.3 is 0 Å². The number of benzene rings is 1. The van der Waals surface area contributed by atoms with Crippen molar-refractivity contribution in [1.29, 1.82) is 0 Å². The van der Waals surface area contributed by atoms with Crippen molar-refractivity contribution in [3.63, 3.8) is 0 Å². The van der Waals surface area contributed by atoms with Gasteiger partial charge in [0.15, 0.2) is 0 Å². The number of pyridine rings is 1. The van der Waals surface area contributed by atoms with Gasteiger partial charge in [-0.05, 0) is 12.1 Å². The van der Waals surface area contributed by atoms with Crippen molar-refractivity contribution in [3.8, 4) is 0 Å². The molecule has 0 atom stereocenters. The number of fused-ring (bicyclic) bond motifs is 1. The molecule has 0 N–H and O–H groups in total. The van der Waals surface area contributed by atoms with Crippen LogP contribution in [0.4, 0.5) is 23.1 Å². The van der Waals surface area contributed by atoms with Crippen LogP contribution in [0.25, 0.3) is 0 Å². The fraction of sp³-hybridized carbons (Fsp3) is 0. The van der Waals surface area contributed by atoms with Crippen molar-refractivity contribution in [2.75, 3.05) is 9.80 Å². The van der Waals surface area contributed by atoms with Gasteiger partial charge in [0.25, 0.3) is 0 Å². The van der Waals surface area contributed by atoms with Gasteiger partial charge < -0.3 is 9.80 Å². The number of para-hydroxylation sites is 1. The molecule has 0 spiro atoms. The summed E-state index contributed by atoms with van der Waals surface area (Å²) in [7, 11) is 0. The van der Waals surface area contributed by atoms with Crippen molar-refractivity contribution in [1.82, 2.24) is 15.0 Å². The Labute approximate surface area is 142 Å². The Bertz CT molecular complexity index is 686. The number of anilines is 4. The Morgan fingerprint density at radius 3 is 2.27 bits per heavy atom. The SMILES string of the molecule is [Ir].[c-]1ccccc1N1[CH-]N(c2ccccn2)c2nccnc21. The second-order valence-electron chi connectivity index (χ2n) is 4.49. The molecule has 0 bridgehead atoms.